The van der Waals surface area contributed by atoms with E-state index in [1.165, 1.54) is 18.2 Å². The minimum absolute atomic E-state index is 0.307. The summed E-state index contributed by atoms with van der Waals surface area (Å²) in [7, 11) is 0. The third kappa shape index (κ3) is 6.05. The largest absolute Gasteiger partial charge is 0.457 e. The molecule has 1 aromatic carbocycles. The van der Waals surface area contributed by atoms with Gasteiger partial charge in [0.15, 0.2) is 12.4 Å². The van der Waals surface area contributed by atoms with Crippen LogP contribution in [-0.4, -0.2) is 48.0 Å². The Morgan fingerprint density at radius 1 is 1.19 bits per heavy atom. The lowest BCUT2D eigenvalue weighted by Gasteiger charge is -2.32. The Bertz CT molecular complexity index is 718. The van der Waals surface area contributed by atoms with Gasteiger partial charge in [-0.2, -0.15) is 0 Å². The van der Waals surface area contributed by atoms with E-state index < -0.39 is 17.7 Å². The van der Waals surface area contributed by atoms with E-state index in [4.69, 9.17) is 9.47 Å². The molecule has 27 heavy (non-hydrogen) atoms. The van der Waals surface area contributed by atoms with E-state index in [-0.39, 0.29) is 24.1 Å². The van der Waals surface area contributed by atoms with Crippen LogP contribution < -0.4 is 0 Å². The molecule has 148 valence electrons. The van der Waals surface area contributed by atoms with Gasteiger partial charge in [-0.05, 0) is 64.3 Å². The van der Waals surface area contributed by atoms with Gasteiger partial charge in [-0.15, -0.1) is 0 Å². The summed E-state index contributed by atoms with van der Waals surface area (Å²) < 4.78 is 23.7. The molecule has 0 spiro atoms. The number of aryl methyl sites for hydroxylation is 1. The molecule has 0 radical (unpaired) electrons. The molecule has 1 aliphatic heterocycles. The predicted molar refractivity (Wildman–Crippen MR) is 97.0 cm³/mol. The van der Waals surface area contributed by atoms with Crippen molar-refractivity contribution in [3.05, 3.63) is 35.1 Å². The number of amides is 1. The van der Waals surface area contributed by atoms with Crippen molar-refractivity contribution in [2.45, 2.75) is 46.1 Å². The van der Waals surface area contributed by atoms with E-state index in [0.29, 0.717) is 37.1 Å². The van der Waals surface area contributed by atoms with Gasteiger partial charge in [0, 0.05) is 18.7 Å². The standard InChI is InChI=1S/C20H26FNO5/c1-13-11-15(5-6-16(13)21)17(23)12-26-18(24)14-7-9-22(10-8-14)19(25)27-20(2,3)4/h5-6,11,14H,7-10,12H2,1-4H3. The van der Waals surface area contributed by atoms with E-state index in [9.17, 15) is 18.8 Å². The average Bonchev–Trinajstić information content (AvgIpc) is 2.60. The summed E-state index contributed by atoms with van der Waals surface area (Å²) in [5.41, 5.74) is 0.106. The van der Waals surface area contributed by atoms with Crippen LogP contribution in [0.25, 0.3) is 0 Å². The predicted octanol–water partition coefficient (Wildman–Crippen LogP) is 3.51. The van der Waals surface area contributed by atoms with Gasteiger partial charge < -0.3 is 14.4 Å². The molecule has 1 aliphatic rings. The molecule has 0 aromatic heterocycles. The van der Waals surface area contributed by atoms with Crippen molar-refractivity contribution in [2.24, 2.45) is 5.92 Å². The number of esters is 1. The molecule has 7 heteroatoms. The third-order valence-electron chi connectivity index (χ3n) is 4.31. The van der Waals surface area contributed by atoms with Crippen LogP contribution in [0.2, 0.25) is 0 Å². The number of benzene rings is 1. The lowest BCUT2D eigenvalue weighted by atomic mass is 9.97. The van der Waals surface area contributed by atoms with Gasteiger partial charge in [0.1, 0.15) is 11.4 Å². The quantitative estimate of drug-likeness (QED) is 0.591. The summed E-state index contributed by atoms with van der Waals surface area (Å²) in [5, 5.41) is 0. The van der Waals surface area contributed by atoms with Gasteiger partial charge in [-0.3, -0.25) is 9.59 Å². The fourth-order valence-electron chi connectivity index (χ4n) is 2.78. The van der Waals surface area contributed by atoms with Crippen LogP contribution in [0, 0.1) is 18.7 Å². The first-order valence-corrected chi connectivity index (χ1v) is 9.01. The van der Waals surface area contributed by atoms with E-state index in [2.05, 4.69) is 0 Å². The van der Waals surface area contributed by atoms with E-state index in [1.807, 2.05) is 0 Å². The first-order chi connectivity index (χ1) is 12.6. The van der Waals surface area contributed by atoms with Gasteiger partial charge in [0.05, 0.1) is 5.92 Å². The summed E-state index contributed by atoms with van der Waals surface area (Å²) in [6.07, 6.45) is 0.528. The summed E-state index contributed by atoms with van der Waals surface area (Å²) in [4.78, 5) is 37.9. The van der Waals surface area contributed by atoms with Gasteiger partial charge in [-0.1, -0.05) is 0 Å². The van der Waals surface area contributed by atoms with Gasteiger partial charge >= 0.3 is 12.1 Å². The molecule has 2 rings (SSSR count). The lowest BCUT2D eigenvalue weighted by molar-refractivity contribution is -0.149. The second-order valence-corrected chi connectivity index (χ2v) is 7.74. The van der Waals surface area contributed by atoms with Gasteiger partial charge in [0.25, 0.3) is 0 Å². The van der Waals surface area contributed by atoms with E-state index >= 15 is 0 Å². The Morgan fingerprint density at radius 2 is 1.81 bits per heavy atom. The topological polar surface area (TPSA) is 72.9 Å². The maximum atomic E-state index is 13.3. The average molecular weight is 379 g/mol. The number of carbonyl (C=O) groups excluding carboxylic acids is 3. The van der Waals surface area contributed by atoms with Crippen LogP contribution in [0.1, 0.15) is 49.5 Å². The number of nitrogens with zero attached hydrogens (tertiary/aromatic N) is 1. The van der Waals surface area contributed by atoms with Crippen molar-refractivity contribution in [3.63, 3.8) is 0 Å². The molecule has 0 N–H and O–H groups in total. The molecule has 0 atom stereocenters. The van der Waals surface area contributed by atoms with Crippen molar-refractivity contribution in [1.82, 2.24) is 4.90 Å². The number of ketones is 1. The molecule has 6 nitrogen and oxygen atoms in total. The molecule has 0 aliphatic carbocycles. The smallest absolute Gasteiger partial charge is 0.410 e. The number of hydrogen-bond donors (Lipinski definition) is 0. The highest BCUT2D eigenvalue weighted by Crippen LogP contribution is 2.21. The number of rotatable bonds is 4. The number of carbonyl (C=O) groups is 3. The van der Waals surface area contributed by atoms with E-state index in [0.717, 1.165) is 0 Å². The number of piperidine rings is 1. The molecular weight excluding hydrogens is 353 g/mol. The Kier molecular flexibility index (Phi) is 6.57. The third-order valence-corrected chi connectivity index (χ3v) is 4.31. The van der Waals surface area contributed by atoms with Crippen LogP contribution in [-0.2, 0) is 14.3 Å². The summed E-state index contributed by atoms with van der Waals surface area (Å²) in [5.74, 6) is -1.57. The molecule has 0 saturated carbocycles. The fourth-order valence-corrected chi connectivity index (χ4v) is 2.78. The molecular formula is C20H26FNO5. The summed E-state index contributed by atoms with van der Waals surface area (Å²) in [6, 6.07) is 4.03. The van der Waals surface area contributed by atoms with Crippen molar-refractivity contribution in [3.8, 4) is 0 Å². The van der Waals surface area contributed by atoms with Crippen molar-refractivity contribution in [1.29, 1.82) is 0 Å². The Morgan fingerprint density at radius 3 is 2.37 bits per heavy atom. The highest BCUT2D eigenvalue weighted by atomic mass is 19.1. The normalized spacial score (nSPS) is 15.4. The zero-order chi connectivity index (χ0) is 20.2. The van der Waals surface area contributed by atoms with Crippen LogP contribution in [0.3, 0.4) is 0 Å². The first-order valence-electron chi connectivity index (χ1n) is 9.01. The minimum Gasteiger partial charge on any atom is -0.457 e. The Labute approximate surface area is 158 Å². The molecule has 1 aromatic rings. The first kappa shape index (κ1) is 20.9. The van der Waals surface area contributed by atoms with Crippen LogP contribution >= 0.6 is 0 Å². The summed E-state index contributed by atoms with van der Waals surface area (Å²) in [6.45, 7) is 7.39. The summed E-state index contributed by atoms with van der Waals surface area (Å²) >= 11 is 0. The molecule has 1 heterocycles. The van der Waals surface area contributed by atoms with E-state index in [1.54, 1.807) is 32.6 Å². The second-order valence-electron chi connectivity index (χ2n) is 7.74. The number of hydrogen-bond acceptors (Lipinski definition) is 5. The SMILES string of the molecule is Cc1cc(C(=O)COC(=O)C2CCN(C(=O)OC(C)(C)C)CC2)ccc1F. The van der Waals surface area contributed by atoms with Gasteiger partial charge in [-0.25, -0.2) is 9.18 Å². The van der Waals surface area contributed by atoms with Gasteiger partial charge in [0.2, 0.25) is 0 Å². The highest BCUT2D eigenvalue weighted by Gasteiger charge is 2.31. The zero-order valence-electron chi connectivity index (χ0n) is 16.2. The number of halogens is 1. The molecule has 0 bridgehead atoms. The zero-order valence-corrected chi connectivity index (χ0v) is 16.2. The second kappa shape index (κ2) is 8.50. The maximum Gasteiger partial charge on any atom is 0.410 e. The van der Waals surface area contributed by atoms with Crippen LogP contribution in [0.5, 0.6) is 0 Å². The number of ether oxygens (including phenoxy) is 2. The maximum absolute atomic E-state index is 13.3. The molecule has 1 fully saturated rings. The minimum atomic E-state index is -0.564. The molecule has 1 saturated heterocycles. The highest BCUT2D eigenvalue weighted by molar-refractivity contribution is 5.98. The fraction of sp³-hybridized carbons (Fsp3) is 0.550. The number of Topliss-reactive ketones (excluding diaryl/α,β-unsaturated/α-hetero) is 1. The van der Waals surface area contributed by atoms with Crippen molar-refractivity contribution < 1.29 is 28.2 Å². The molecule has 0 unspecified atom stereocenters. The monoisotopic (exact) mass is 379 g/mol. The van der Waals surface area contributed by atoms with Crippen molar-refractivity contribution >= 4 is 17.8 Å². The Hall–Kier alpha value is -2.44. The van der Waals surface area contributed by atoms with Crippen molar-refractivity contribution in [2.75, 3.05) is 19.7 Å². The van der Waals surface area contributed by atoms with Crippen LogP contribution in [0.15, 0.2) is 18.2 Å². The van der Waals surface area contributed by atoms with Crippen LogP contribution in [0.4, 0.5) is 9.18 Å². The Balaban J connectivity index is 1.80. The number of likely N-dealkylation sites (tertiary alicyclic amines) is 1. The lowest BCUT2D eigenvalue weighted by Crippen LogP contribution is -2.43. The molecule has 1 amide bonds.